The SMILES string of the molecule is COCC1=CCN(C(=O)N[C@H](C(=O)O)C(C)C)CC1. The molecule has 0 aromatic carbocycles. The van der Waals surface area contributed by atoms with E-state index in [9.17, 15) is 9.59 Å². The minimum atomic E-state index is -1.00. The lowest BCUT2D eigenvalue weighted by Crippen LogP contribution is -2.51. The molecule has 19 heavy (non-hydrogen) atoms. The van der Waals surface area contributed by atoms with Gasteiger partial charge in [-0.2, -0.15) is 0 Å². The molecule has 1 atom stereocenters. The van der Waals surface area contributed by atoms with Gasteiger partial charge in [0.15, 0.2) is 0 Å². The van der Waals surface area contributed by atoms with E-state index in [1.54, 1.807) is 25.9 Å². The number of ether oxygens (including phenoxy) is 1. The van der Waals surface area contributed by atoms with Crippen molar-refractivity contribution in [2.24, 2.45) is 5.92 Å². The van der Waals surface area contributed by atoms with Crippen LogP contribution in [-0.2, 0) is 9.53 Å². The first-order valence-corrected chi connectivity index (χ1v) is 6.40. The third-order valence-corrected chi connectivity index (χ3v) is 3.13. The van der Waals surface area contributed by atoms with Gasteiger partial charge in [-0.1, -0.05) is 19.9 Å². The van der Waals surface area contributed by atoms with Crippen molar-refractivity contribution >= 4 is 12.0 Å². The number of aliphatic carboxylic acids is 1. The van der Waals surface area contributed by atoms with Crippen LogP contribution in [0.2, 0.25) is 0 Å². The molecule has 0 saturated carbocycles. The van der Waals surface area contributed by atoms with Gasteiger partial charge in [0.1, 0.15) is 6.04 Å². The number of nitrogens with one attached hydrogen (secondary N) is 1. The highest BCUT2D eigenvalue weighted by Crippen LogP contribution is 2.11. The first-order valence-electron chi connectivity index (χ1n) is 6.40. The molecule has 6 nitrogen and oxygen atoms in total. The van der Waals surface area contributed by atoms with Gasteiger partial charge in [0.25, 0.3) is 0 Å². The maximum atomic E-state index is 12.0. The molecule has 1 rings (SSSR count). The summed E-state index contributed by atoms with van der Waals surface area (Å²) in [5.74, 6) is -1.15. The third kappa shape index (κ3) is 4.55. The van der Waals surface area contributed by atoms with Crippen LogP contribution in [0.15, 0.2) is 11.6 Å². The summed E-state index contributed by atoms with van der Waals surface area (Å²) in [5.41, 5.74) is 1.17. The van der Waals surface area contributed by atoms with Crippen LogP contribution in [0.5, 0.6) is 0 Å². The van der Waals surface area contributed by atoms with Crippen molar-refractivity contribution in [3.63, 3.8) is 0 Å². The molecule has 0 radical (unpaired) electrons. The van der Waals surface area contributed by atoms with Gasteiger partial charge in [0, 0.05) is 20.2 Å². The number of carbonyl (C=O) groups excluding carboxylic acids is 1. The second kappa shape index (κ2) is 7.13. The van der Waals surface area contributed by atoms with E-state index < -0.39 is 12.0 Å². The molecule has 108 valence electrons. The lowest BCUT2D eigenvalue weighted by Gasteiger charge is -2.28. The Labute approximate surface area is 113 Å². The Balaban J connectivity index is 2.53. The monoisotopic (exact) mass is 270 g/mol. The summed E-state index contributed by atoms with van der Waals surface area (Å²) in [7, 11) is 1.64. The molecule has 6 heteroatoms. The number of carbonyl (C=O) groups is 2. The largest absolute Gasteiger partial charge is 0.480 e. The fraction of sp³-hybridized carbons (Fsp3) is 0.692. The summed E-state index contributed by atoms with van der Waals surface area (Å²) in [6.07, 6.45) is 2.72. The Morgan fingerprint density at radius 3 is 2.63 bits per heavy atom. The van der Waals surface area contributed by atoms with Crippen molar-refractivity contribution in [3.8, 4) is 0 Å². The molecule has 0 aromatic rings. The number of rotatable bonds is 5. The zero-order valence-corrected chi connectivity index (χ0v) is 11.7. The van der Waals surface area contributed by atoms with Gasteiger partial charge >= 0.3 is 12.0 Å². The molecule has 2 N–H and O–H groups in total. The van der Waals surface area contributed by atoms with Crippen LogP contribution in [0, 0.1) is 5.92 Å². The molecular weight excluding hydrogens is 248 g/mol. The van der Waals surface area contributed by atoms with Gasteiger partial charge in [0.05, 0.1) is 6.61 Å². The summed E-state index contributed by atoms with van der Waals surface area (Å²) >= 11 is 0. The van der Waals surface area contributed by atoms with Crippen molar-refractivity contribution in [1.82, 2.24) is 10.2 Å². The molecule has 2 amide bonds. The van der Waals surface area contributed by atoms with E-state index in [-0.39, 0.29) is 11.9 Å². The Bertz CT molecular complexity index is 366. The van der Waals surface area contributed by atoms with Crippen LogP contribution < -0.4 is 5.32 Å². The smallest absolute Gasteiger partial charge is 0.326 e. The van der Waals surface area contributed by atoms with Crippen LogP contribution in [0.4, 0.5) is 4.79 Å². The summed E-state index contributed by atoms with van der Waals surface area (Å²) in [6.45, 7) is 5.21. The average Bonchev–Trinajstić information content (AvgIpc) is 2.36. The maximum absolute atomic E-state index is 12.0. The lowest BCUT2D eigenvalue weighted by molar-refractivity contribution is -0.140. The fourth-order valence-electron chi connectivity index (χ4n) is 1.95. The number of carboxylic acids is 1. The van der Waals surface area contributed by atoms with Crippen LogP contribution in [0.1, 0.15) is 20.3 Å². The zero-order chi connectivity index (χ0) is 14.4. The van der Waals surface area contributed by atoms with Crippen molar-refractivity contribution in [2.45, 2.75) is 26.3 Å². The number of urea groups is 1. The molecule has 0 aromatic heterocycles. The quantitative estimate of drug-likeness (QED) is 0.733. The Hall–Kier alpha value is -1.56. The predicted octanol–water partition coefficient (Wildman–Crippen LogP) is 1.08. The number of hydrogen-bond donors (Lipinski definition) is 2. The second-order valence-electron chi connectivity index (χ2n) is 5.00. The summed E-state index contributed by atoms with van der Waals surface area (Å²) in [5, 5.41) is 11.6. The number of methoxy groups -OCH3 is 1. The van der Waals surface area contributed by atoms with Crippen molar-refractivity contribution in [1.29, 1.82) is 0 Å². The number of carboxylic acid groups (broad SMARTS) is 1. The Kier molecular flexibility index (Phi) is 5.82. The van der Waals surface area contributed by atoms with E-state index in [4.69, 9.17) is 9.84 Å². The Morgan fingerprint density at radius 2 is 2.21 bits per heavy atom. The van der Waals surface area contributed by atoms with E-state index in [0.717, 1.165) is 6.42 Å². The molecule has 1 aliphatic rings. The van der Waals surface area contributed by atoms with Crippen LogP contribution >= 0.6 is 0 Å². The van der Waals surface area contributed by atoms with E-state index >= 15 is 0 Å². The van der Waals surface area contributed by atoms with Crippen molar-refractivity contribution in [2.75, 3.05) is 26.8 Å². The van der Waals surface area contributed by atoms with E-state index in [0.29, 0.717) is 19.7 Å². The van der Waals surface area contributed by atoms with Gasteiger partial charge in [-0.3, -0.25) is 0 Å². The number of hydrogen-bond acceptors (Lipinski definition) is 3. The second-order valence-corrected chi connectivity index (χ2v) is 5.00. The Morgan fingerprint density at radius 1 is 1.53 bits per heavy atom. The third-order valence-electron chi connectivity index (χ3n) is 3.13. The zero-order valence-electron chi connectivity index (χ0n) is 11.7. The van der Waals surface area contributed by atoms with Crippen molar-refractivity contribution < 1.29 is 19.4 Å². The maximum Gasteiger partial charge on any atom is 0.326 e. The first kappa shape index (κ1) is 15.5. The van der Waals surface area contributed by atoms with E-state index in [1.807, 2.05) is 6.08 Å². The van der Waals surface area contributed by atoms with Gasteiger partial charge in [0.2, 0.25) is 0 Å². The number of amides is 2. The number of nitrogens with zero attached hydrogens (tertiary/aromatic N) is 1. The molecule has 0 bridgehead atoms. The van der Waals surface area contributed by atoms with Gasteiger partial charge in [-0.15, -0.1) is 0 Å². The van der Waals surface area contributed by atoms with E-state index in [2.05, 4.69) is 5.32 Å². The molecule has 0 fully saturated rings. The molecule has 1 aliphatic heterocycles. The molecule has 1 heterocycles. The van der Waals surface area contributed by atoms with Gasteiger partial charge in [-0.05, 0) is 17.9 Å². The van der Waals surface area contributed by atoms with Gasteiger partial charge in [-0.25, -0.2) is 9.59 Å². The normalized spacial score (nSPS) is 17.1. The molecule has 0 unspecified atom stereocenters. The molecule has 0 aliphatic carbocycles. The minimum absolute atomic E-state index is 0.147. The van der Waals surface area contributed by atoms with Crippen molar-refractivity contribution in [3.05, 3.63) is 11.6 Å². The standard InChI is InChI=1S/C13H22N2O4/c1-9(2)11(12(16)17)14-13(18)15-6-4-10(5-7-15)8-19-3/h4,9,11H,5-8H2,1-3H3,(H,14,18)(H,16,17)/t11-/m0/s1. The highest BCUT2D eigenvalue weighted by molar-refractivity contribution is 5.82. The van der Waals surface area contributed by atoms with Crippen LogP contribution in [-0.4, -0.2) is 54.9 Å². The fourth-order valence-corrected chi connectivity index (χ4v) is 1.95. The highest BCUT2D eigenvalue weighted by atomic mass is 16.5. The molecular formula is C13H22N2O4. The summed E-state index contributed by atoms with van der Waals surface area (Å²) < 4.78 is 5.04. The van der Waals surface area contributed by atoms with Crippen LogP contribution in [0.3, 0.4) is 0 Å². The highest BCUT2D eigenvalue weighted by Gasteiger charge is 2.26. The predicted molar refractivity (Wildman–Crippen MR) is 70.9 cm³/mol. The average molecular weight is 270 g/mol. The summed E-state index contributed by atoms with van der Waals surface area (Å²) in [6, 6.07) is -1.18. The molecule has 0 saturated heterocycles. The lowest BCUT2D eigenvalue weighted by atomic mass is 10.1. The minimum Gasteiger partial charge on any atom is -0.480 e. The first-order chi connectivity index (χ1) is 8.95. The van der Waals surface area contributed by atoms with Crippen LogP contribution in [0.25, 0.3) is 0 Å². The molecule has 0 spiro atoms. The van der Waals surface area contributed by atoms with Gasteiger partial charge < -0.3 is 20.1 Å². The topological polar surface area (TPSA) is 78.9 Å². The summed E-state index contributed by atoms with van der Waals surface area (Å²) in [4.78, 5) is 24.6. The van der Waals surface area contributed by atoms with E-state index in [1.165, 1.54) is 5.57 Å².